The van der Waals surface area contributed by atoms with Gasteiger partial charge in [-0.15, -0.1) is 0 Å². The molecular formula is C15H15NO3. The largest absolute Gasteiger partial charge is 0.495 e. The lowest BCUT2D eigenvalue weighted by molar-refractivity contribution is 0.112. The van der Waals surface area contributed by atoms with Crippen LogP contribution in [0.1, 0.15) is 17.3 Å². The Hall–Kier alpha value is -2.36. The van der Waals surface area contributed by atoms with Crippen LogP contribution in [-0.4, -0.2) is 25.0 Å². The van der Waals surface area contributed by atoms with E-state index in [2.05, 4.69) is 4.98 Å². The van der Waals surface area contributed by atoms with E-state index in [1.165, 1.54) is 0 Å². The Kier molecular flexibility index (Phi) is 4.13. The van der Waals surface area contributed by atoms with Crippen molar-refractivity contribution < 1.29 is 14.3 Å². The Morgan fingerprint density at radius 3 is 2.58 bits per heavy atom. The quantitative estimate of drug-likeness (QED) is 0.773. The van der Waals surface area contributed by atoms with Gasteiger partial charge < -0.3 is 9.47 Å². The van der Waals surface area contributed by atoms with Crippen molar-refractivity contribution in [2.24, 2.45) is 0 Å². The van der Waals surface area contributed by atoms with Gasteiger partial charge in [0, 0.05) is 17.3 Å². The maximum Gasteiger partial charge on any atom is 0.150 e. The molecule has 0 saturated carbocycles. The molecule has 4 heteroatoms. The van der Waals surface area contributed by atoms with Crippen molar-refractivity contribution in [3.05, 3.63) is 42.2 Å². The Balaban J connectivity index is 2.47. The molecule has 2 rings (SSSR count). The molecule has 0 radical (unpaired) electrons. The van der Waals surface area contributed by atoms with E-state index in [-0.39, 0.29) is 0 Å². The van der Waals surface area contributed by atoms with Gasteiger partial charge in [0.25, 0.3) is 0 Å². The number of aromatic nitrogens is 1. The number of carbonyl (C=O) groups excluding carboxylic acids is 1. The van der Waals surface area contributed by atoms with Gasteiger partial charge in [-0.1, -0.05) is 0 Å². The van der Waals surface area contributed by atoms with Crippen molar-refractivity contribution in [3.8, 4) is 22.6 Å². The topological polar surface area (TPSA) is 48.4 Å². The van der Waals surface area contributed by atoms with Gasteiger partial charge in [0.05, 0.1) is 19.9 Å². The van der Waals surface area contributed by atoms with Gasteiger partial charge in [0.1, 0.15) is 17.8 Å². The van der Waals surface area contributed by atoms with Gasteiger partial charge >= 0.3 is 0 Å². The molecule has 0 saturated heterocycles. The van der Waals surface area contributed by atoms with Gasteiger partial charge in [0.2, 0.25) is 0 Å². The van der Waals surface area contributed by atoms with Gasteiger partial charge in [0.15, 0.2) is 0 Å². The lowest BCUT2D eigenvalue weighted by Gasteiger charge is -2.08. The predicted octanol–water partition coefficient (Wildman–Crippen LogP) is 2.97. The molecule has 1 aromatic carbocycles. The molecule has 0 atom stereocenters. The summed E-state index contributed by atoms with van der Waals surface area (Å²) < 4.78 is 10.6. The lowest BCUT2D eigenvalue weighted by Crippen LogP contribution is -1.94. The minimum atomic E-state index is 0.554. The van der Waals surface area contributed by atoms with Crippen molar-refractivity contribution in [1.82, 2.24) is 4.98 Å². The number of hydrogen-bond donors (Lipinski definition) is 0. The second-order valence-corrected chi connectivity index (χ2v) is 3.96. The van der Waals surface area contributed by atoms with E-state index >= 15 is 0 Å². The highest BCUT2D eigenvalue weighted by Gasteiger charge is 2.05. The third-order valence-corrected chi connectivity index (χ3v) is 2.66. The highest BCUT2D eigenvalue weighted by Crippen LogP contribution is 2.27. The van der Waals surface area contributed by atoms with Crippen LogP contribution in [0.2, 0.25) is 0 Å². The first-order chi connectivity index (χ1) is 9.26. The number of nitrogens with zero attached hydrogens (tertiary/aromatic N) is 1. The Bertz CT molecular complexity index is 581. The number of rotatable bonds is 5. The first kappa shape index (κ1) is 13.1. The zero-order valence-corrected chi connectivity index (χ0v) is 10.9. The SMILES string of the molecule is CCOc1cc(C=O)cc(-c2cncc(OC)c2)c1. The highest BCUT2D eigenvalue weighted by molar-refractivity contribution is 5.80. The number of carbonyl (C=O) groups is 1. The number of aldehydes is 1. The minimum Gasteiger partial charge on any atom is -0.495 e. The molecule has 4 nitrogen and oxygen atoms in total. The van der Waals surface area contributed by atoms with Crippen molar-refractivity contribution in [1.29, 1.82) is 0 Å². The molecular weight excluding hydrogens is 242 g/mol. The summed E-state index contributed by atoms with van der Waals surface area (Å²) in [6.07, 6.45) is 4.16. The zero-order valence-electron chi connectivity index (χ0n) is 10.9. The molecule has 2 aromatic rings. The van der Waals surface area contributed by atoms with Crippen LogP contribution in [0, 0.1) is 0 Å². The summed E-state index contributed by atoms with van der Waals surface area (Å²) in [6.45, 7) is 2.46. The molecule has 0 bridgehead atoms. The molecule has 0 unspecified atom stereocenters. The Labute approximate surface area is 112 Å². The number of benzene rings is 1. The molecule has 98 valence electrons. The summed E-state index contributed by atoms with van der Waals surface area (Å²) in [4.78, 5) is 15.1. The molecule has 0 aliphatic carbocycles. The van der Waals surface area contributed by atoms with Crippen molar-refractivity contribution in [3.63, 3.8) is 0 Å². The van der Waals surface area contributed by atoms with E-state index in [0.29, 0.717) is 23.7 Å². The van der Waals surface area contributed by atoms with Gasteiger partial charge in [-0.3, -0.25) is 9.78 Å². The van der Waals surface area contributed by atoms with E-state index in [1.807, 2.05) is 19.1 Å². The predicted molar refractivity (Wildman–Crippen MR) is 72.8 cm³/mol. The second-order valence-electron chi connectivity index (χ2n) is 3.96. The number of hydrogen-bond acceptors (Lipinski definition) is 4. The van der Waals surface area contributed by atoms with Crippen LogP contribution in [0.15, 0.2) is 36.7 Å². The summed E-state index contributed by atoms with van der Waals surface area (Å²) in [5.41, 5.74) is 2.33. The third kappa shape index (κ3) is 3.10. The van der Waals surface area contributed by atoms with Crippen LogP contribution in [0.25, 0.3) is 11.1 Å². The standard InChI is InChI=1S/C15H15NO3/c1-3-19-14-5-11(10-17)4-12(6-14)13-7-15(18-2)9-16-8-13/h4-10H,3H2,1-2H3. The van der Waals surface area contributed by atoms with Crippen LogP contribution in [0.3, 0.4) is 0 Å². The van der Waals surface area contributed by atoms with Crippen LogP contribution in [0.5, 0.6) is 11.5 Å². The summed E-state index contributed by atoms with van der Waals surface area (Å²) in [5.74, 6) is 1.34. The summed E-state index contributed by atoms with van der Waals surface area (Å²) in [5, 5.41) is 0. The first-order valence-corrected chi connectivity index (χ1v) is 5.99. The Morgan fingerprint density at radius 1 is 1.11 bits per heavy atom. The number of pyridine rings is 1. The van der Waals surface area contributed by atoms with Gasteiger partial charge in [-0.05, 0) is 36.8 Å². The average molecular weight is 257 g/mol. The van der Waals surface area contributed by atoms with Crippen LogP contribution in [0.4, 0.5) is 0 Å². The van der Waals surface area contributed by atoms with E-state index in [1.54, 1.807) is 31.6 Å². The smallest absolute Gasteiger partial charge is 0.150 e. The maximum absolute atomic E-state index is 11.0. The first-order valence-electron chi connectivity index (χ1n) is 5.99. The molecule has 0 N–H and O–H groups in total. The third-order valence-electron chi connectivity index (χ3n) is 2.66. The fourth-order valence-electron chi connectivity index (χ4n) is 1.80. The van der Waals surface area contributed by atoms with Crippen molar-refractivity contribution in [2.75, 3.05) is 13.7 Å². The fourth-order valence-corrected chi connectivity index (χ4v) is 1.80. The minimum absolute atomic E-state index is 0.554. The average Bonchev–Trinajstić information content (AvgIpc) is 2.47. The normalized spacial score (nSPS) is 10.0. The second kappa shape index (κ2) is 6.00. The van der Waals surface area contributed by atoms with Gasteiger partial charge in [-0.2, -0.15) is 0 Å². The monoisotopic (exact) mass is 257 g/mol. The molecule has 0 aliphatic heterocycles. The van der Waals surface area contributed by atoms with E-state index in [4.69, 9.17) is 9.47 Å². The van der Waals surface area contributed by atoms with Crippen LogP contribution >= 0.6 is 0 Å². The molecule has 1 heterocycles. The molecule has 0 fully saturated rings. The zero-order chi connectivity index (χ0) is 13.7. The summed E-state index contributed by atoms with van der Waals surface area (Å²) in [7, 11) is 1.59. The summed E-state index contributed by atoms with van der Waals surface area (Å²) in [6, 6.07) is 7.26. The number of ether oxygens (including phenoxy) is 2. The molecule has 19 heavy (non-hydrogen) atoms. The van der Waals surface area contributed by atoms with Crippen molar-refractivity contribution >= 4 is 6.29 Å². The molecule has 0 aliphatic rings. The highest BCUT2D eigenvalue weighted by atomic mass is 16.5. The number of methoxy groups -OCH3 is 1. The molecule has 0 amide bonds. The maximum atomic E-state index is 11.0. The van der Waals surface area contributed by atoms with Gasteiger partial charge in [-0.25, -0.2) is 0 Å². The van der Waals surface area contributed by atoms with Crippen molar-refractivity contribution in [2.45, 2.75) is 6.92 Å². The molecule has 0 spiro atoms. The molecule has 1 aromatic heterocycles. The summed E-state index contributed by atoms with van der Waals surface area (Å²) >= 11 is 0. The Morgan fingerprint density at radius 2 is 1.89 bits per heavy atom. The van der Waals surface area contributed by atoms with E-state index < -0.39 is 0 Å². The fraction of sp³-hybridized carbons (Fsp3) is 0.200. The van der Waals surface area contributed by atoms with Crippen LogP contribution < -0.4 is 9.47 Å². The lowest BCUT2D eigenvalue weighted by atomic mass is 10.0. The van der Waals surface area contributed by atoms with Crippen LogP contribution in [-0.2, 0) is 0 Å². The van der Waals surface area contributed by atoms with E-state index in [9.17, 15) is 4.79 Å². The van der Waals surface area contributed by atoms with E-state index in [0.717, 1.165) is 17.4 Å².